The van der Waals surface area contributed by atoms with Gasteiger partial charge in [0.15, 0.2) is 0 Å². The van der Waals surface area contributed by atoms with Gasteiger partial charge in [-0.2, -0.15) is 10.5 Å². The monoisotopic (exact) mass is 508 g/mol. The van der Waals surface area contributed by atoms with Gasteiger partial charge in [-0.25, -0.2) is 0 Å². The highest BCUT2D eigenvalue weighted by Gasteiger charge is 2.22. The molecule has 6 aromatic carbocycles. The van der Waals surface area contributed by atoms with Crippen molar-refractivity contribution >= 4 is 54.4 Å². The van der Waals surface area contributed by atoms with Crippen molar-refractivity contribution in [3.05, 3.63) is 132 Å². The molecule has 0 atom stereocenters. The molecule has 4 heteroatoms. The van der Waals surface area contributed by atoms with E-state index in [0.29, 0.717) is 22.5 Å². The minimum Gasteiger partial charge on any atom is -0.308 e. The number of rotatable bonds is 2. The van der Waals surface area contributed by atoms with Crippen LogP contribution in [0.15, 0.2) is 121 Å². The van der Waals surface area contributed by atoms with Gasteiger partial charge in [-0.1, -0.05) is 78.9 Å². The van der Waals surface area contributed by atoms with Crippen LogP contribution in [0.1, 0.15) is 11.1 Å². The molecule has 2 aromatic heterocycles. The summed E-state index contributed by atoms with van der Waals surface area (Å²) in [5, 5.41) is 27.7. The van der Waals surface area contributed by atoms with Crippen LogP contribution in [0.5, 0.6) is 0 Å². The third-order valence-corrected chi connectivity index (χ3v) is 7.94. The Morgan fingerprint density at radius 1 is 0.425 bits per heavy atom. The molecule has 40 heavy (non-hydrogen) atoms. The highest BCUT2D eigenvalue weighted by molar-refractivity contribution is 6.14. The molecule has 0 aliphatic carbocycles. The van der Waals surface area contributed by atoms with E-state index in [4.69, 9.17) is 0 Å². The van der Waals surface area contributed by atoms with E-state index in [-0.39, 0.29) is 0 Å². The second-order valence-electron chi connectivity index (χ2n) is 10.1. The van der Waals surface area contributed by atoms with E-state index in [2.05, 4.69) is 88.0 Å². The summed E-state index contributed by atoms with van der Waals surface area (Å²) < 4.78 is 4.27. The summed E-state index contributed by atoms with van der Waals surface area (Å²) in [6.07, 6.45) is 0. The average molecular weight is 509 g/mol. The molecule has 0 spiro atoms. The van der Waals surface area contributed by atoms with Crippen molar-refractivity contribution in [2.75, 3.05) is 0 Å². The molecule has 0 unspecified atom stereocenters. The van der Waals surface area contributed by atoms with Crippen LogP contribution in [0.4, 0.5) is 0 Å². The predicted molar refractivity (Wildman–Crippen MR) is 162 cm³/mol. The highest BCUT2D eigenvalue weighted by Crippen LogP contribution is 2.39. The number of benzene rings is 6. The third kappa shape index (κ3) is 2.99. The first-order chi connectivity index (χ1) is 19.8. The molecule has 4 nitrogen and oxygen atoms in total. The Hall–Kier alpha value is -5.84. The van der Waals surface area contributed by atoms with Gasteiger partial charge in [-0.05, 0) is 53.2 Å². The molecule has 0 saturated carbocycles. The van der Waals surface area contributed by atoms with Gasteiger partial charge in [-0.15, -0.1) is 0 Å². The Morgan fingerprint density at radius 3 is 1.40 bits per heavy atom. The van der Waals surface area contributed by atoms with Crippen LogP contribution in [-0.2, 0) is 0 Å². The molecular weight excluding hydrogens is 488 g/mol. The number of fused-ring (bicyclic) bond motifs is 7. The Kier molecular flexibility index (Phi) is 4.62. The summed E-state index contributed by atoms with van der Waals surface area (Å²) in [5.41, 5.74) is 6.38. The van der Waals surface area contributed by atoms with E-state index in [9.17, 15) is 10.5 Å². The summed E-state index contributed by atoms with van der Waals surface area (Å²) in [6, 6.07) is 46.0. The maximum Gasteiger partial charge on any atom is 0.104 e. The van der Waals surface area contributed by atoms with Crippen LogP contribution in [-0.4, -0.2) is 9.13 Å². The molecule has 0 fully saturated rings. The average Bonchev–Trinajstić information content (AvgIpc) is 3.51. The van der Waals surface area contributed by atoms with Gasteiger partial charge < -0.3 is 9.13 Å². The quantitative estimate of drug-likeness (QED) is 0.234. The maximum absolute atomic E-state index is 10.8. The van der Waals surface area contributed by atoms with Crippen LogP contribution in [0, 0.1) is 22.7 Å². The lowest BCUT2D eigenvalue weighted by molar-refractivity contribution is 1.11. The summed E-state index contributed by atoms with van der Waals surface area (Å²) in [4.78, 5) is 0. The number of hydrogen-bond donors (Lipinski definition) is 0. The SMILES string of the molecule is N#Cc1cc(-n2c3ccccc3c3ccccc32)c(C#N)c(-n2c3ccccc3c3cc4ccccc4cc32)c1. The van der Waals surface area contributed by atoms with E-state index in [0.717, 1.165) is 54.4 Å². The van der Waals surface area contributed by atoms with E-state index in [1.54, 1.807) is 0 Å². The first kappa shape index (κ1) is 22.2. The predicted octanol–water partition coefficient (Wildman–Crippen LogP) is 8.78. The van der Waals surface area contributed by atoms with E-state index >= 15 is 0 Å². The summed E-state index contributed by atoms with van der Waals surface area (Å²) in [6.45, 7) is 0. The van der Waals surface area contributed by atoms with Gasteiger partial charge in [-0.3, -0.25) is 0 Å². The fourth-order valence-electron chi connectivity index (χ4n) is 6.24. The Morgan fingerprint density at radius 2 is 0.875 bits per heavy atom. The first-order valence-electron chi connectivity index (χ1n) is 13.2. The van der Waals surface area contributed by atoms with E-state index in [1.807, 2.05) is 54.6 Å². The van der Waals surface area contributed by atoms with E-state index < -0.39 is 0 Å². The number of hydrogen-bond acceptors (Lipinski definition) is 2. The molecule has 0 N–H and O–H groups in total. The van der Waals surface area contributed by atoms with Gasteiger partial charge in [0.25, 0.3) is 0 Å². The summed E-state index contributed by atoms with van der Waals surface area (Å²) in [5.74, 6) is 0. The zero-order chi connectivity index (χ0) is 26.8. The topological polar surface area (TPSA) is 57.4 Å². The zero-order valence-corrected chi connectivity index (χ0v) is 21.3. The summed E-state index contributed by atoms with van der Waals surface area (Å²) >= 11 is 0. The lowest BCUT2D eigenvalue weighted by atomic mass is 10.1. The zero-order valence-electron chi connectivity index (χ0n) is 21.3. The number of para-hydroxylation sites is 3. The number of aromatic nitrogens is 2. The van der Waals surface area contributed by atoms with Crippen molar-refractivity contribution in [1.29, 1.82) is 10.5 Å². The van der Waals surface area contributed by atoms with Gasteiger partial charge in [0, 0.05) is 21.5 Å². The largest absolute Gasteiger partial charge is 0.308 e. The maximum atomic E-state index is 10.8. The van der Waals surface area contributed by atoms with Crippen LogP contribution in [0.25, 0.3) is 65.8 Å². The Bertz CT molecular complexity index is 2350. The lowest BCUT2D eigenvalue weighted by Crippen LogP contribution is -2.05. The van der Waals surface area contributed by atoms with Crippen LogP contribution in [0.3, 0.4) is 0 Å². The molecule has 2 heterocycles. The Labute approximate surface area is 229 Å². The van der Waals surface area contributed by atoms with Crippen molar-refractivity contribution in [3.8, 4) is 23.5 Å². The van der Waals surface area contributed by atoms with E-state index in [1.165, 1.54) is 0 Å². The smallest absolute Gasteiger partial charge is 0.104 e. The molecular formula is C36H20N4. The van der Waals surface area contributed by atoms with Crippen molar-refractivity contribution < 1.29 is 0 Å². The highest BCUT2D eigenvalue weighted by atomic mass is 15.0. The van der Waals surface area contributed by atoms with Crippen LogP contribution in [0.2, 0.25) is 0 Å². The summed E-state index contributed by atoms with van der Waals surface area (Å²) in [7, 11) is 0. The lowest BCUT2D eigenvalue weighted by Gasteiger charge is -2.16. The molecule has 0 saturated heterocycles. The standard InChI is InChI=1S/C36H20N4/c37-21-23-17-34(39-31-14-6-3-11-26(31)27-12-4-7-15-32(27)39)30(22-38)35(18-23)40-33-16-8-5-13-28(33)29-19-24-9-1-2-10-25(24)20-36(29)40/h1-20H. The van der Waals surface area contributed by atoms with Crippen LogP contribution < -0.4 is 0 Å². The molecule has 0 aliphatic heterocycles. The fraction of sp³-hybridized carbons (Fsp3) is 0. The van der Waals surface area contributed by atoms with Gasteiger partial charge in [0.1, 0.15) is 11.6 Å². The second kappa shape index (κ2) is 8.33. The minimum absolute atomic E-state index is 0.498. The molecule has 184 valence electrons. The van der Waals surface area contributed by atoms with Crippen molar-refractivity contribution in [1.82, 2.24) is 9.13 Å². The van der Waals surface area contributed by atoms with Gasteiger partial charge >= 0.3 is 0 Å². The molecule has 0 bridgehead atoms. The normalized spacial score (nSPS) is 11.4. The minimum atomic E-state index is 0.498. The van der Waals surface area contributed by atoms with Crippen molar-refractivity contribution in [2.45, 2.75) is 0 Å². The number of nitriles is 2. The fourth-order valence-corrected chi connectivity index (χ4v) is 6.24. The van der Waals surface area contributed by atoms with Gasteiger partial charge in [0.05, 0.1) is 45.1 Å². The molecule has 0 aliphatic rings. The Balaban J connectivity index is 1.56. The second-order valence-corrected chi connectivity index (χ2v) is 10.1. The van der Waals surface area contributed by atoms with Crippen molar-refractivity contribution in [3.63, 3.8) is 0 Å². The molecule has 8 aromatic rings. The number of nitrogens with zero attached hydrogens (tertiary/aromatic N) is 4. The van der Waals surface area contributed by atoms with Crippen LogP contribution >= 0.6 is 0 Å². The molecule has 8 rings (SSSR count). The third-order valence-electron chi connectivity index (χ3n) is 7.94. The molecule has 0 amide bonds. The first-order valence-corrected chi connectivity index (χ1v) is 13.2. The van der Waals surface area contributed by atoms with Gasteiger partial charge in [0.2, 0.25) is 0 Å². The molecule has 0 radical (unpaired) electrons. The van der Waals surface area contributed by atoms with Crippen molar-refractivity contribution in [2.24, 2.45) is 0 Å².